The van der Waals surface area contributed by atoms with Crippen LogP contribution in [0, 0.1) is 0 Å². The first-order valence-electron chi connectivity index (χ1n) is 10.8. The smallest absolute Gasteiger partial charge is 0.293 e. The van der Waals surface area contributed by atoms with Crippen LogP contribution in [0.25, 0.3) is 5.82 Å². The first-order valence-corrected chi connectivity index (χ1v) is 12.4. The summed E-state index contributed by atoms with van der Waals surface area (Å²) in [5.41, 5.74) is 11.8. The third kappa shape index (κ3) is 4.68. The number of nitrogens with two attached hydrogens (primary N) is 1. The van der Waals surface area contributed by atoms with E-state index in [4.69, 9.17) is 10.4 Å². The van der Waals surface area contributed by atoms with Gasteiger partial charge in [0, 0.05) is 12.2 Å². The number of hydrogen-bond acceptors (Lipinski definition) is 10. The van der Waals surface area contributed by atoms with E-state index in [1.165, 1.54) is 16.5 Å². The van der Waals surface area contributed by atoms with E-state index >= 15 is 0 Å². The second kappa shape index (κ2) is 10.1. The molecule has 1 aliphatic heterocycles. The molecule has 36 heavy (non-hydrogen) atoms. The van der Waals surface area contributed by atoms with Crippen LogP contribution in [0.3, 0.4) is 0 Å². The largest absolute Gasteiger partial charge is 0.506 e. The number of para-hydroxylation sites is 1. The lowest BCUT2D eigenvalue weighted by Crippen LogP contribution is -2.31. The minimum absolute atomic E-state index is 0.0219. The number of nitrogen functional groups attached to an aromatic ring is 1. The number of anilines is 2. The number of nitrogens with one attached hydrogen (secondary N) is 1. The number of aromatic hydroxyl groups is 1. The van der Waals surface area contributed by atoms with Gasteiger partial charge in [-0.3, -0.25) is 4.79 Å². The van der Waals surface area contributed by atoms with Crippen LogP contribution in [0.2, 0.25) is 0 Å². The lowest BCUT2D eigenvalue weighted by molar-refractivity contribution is 0.0949. The highest BCUT2D eigenvalue weighted by molar-refractivity contribution is 9.11. The summed E-state index contributed by atoms with van der Waals surface area (Å²) in [7, 11) is 0. The van der Waals surface area contributed by atoms with Gasteiger partial charge in [-0.15, -0.1) is 5.10 Å². The first kappa shape index (κ1) is 23.9. The Kier molecular flexibility index (Phi) is 6.69. The highest BCUT2D eigenvalue weighted by Crippen LogP contribution is 2.33. The Bertz CT molecular complexity index is 1440. The summed E-state index contributed by atoms with van der Waals surface area (Å²) in [6.45, 7) is 1.11. The number of hydrogen-bond donors (Lipinski definition) is 3. The Labute approximate surface area is 221 Å². The van der Waals surface area contributed by atoms with Crippen molar-refractivity contribution in [1.29, 1.82) is 0 Å². The van der Waals surface area contributed by atoms with E-state index in [-0.39, 0.29) is 23.1 Å². The van der Waals surface area contributed by atoms with Crippen molar-refractivity contribution >= 4 is 55.5 Å². The Morgan fingerprint density at radius 2 is 2.03 bits per heavy atom. The highest BCUT2D eigenvalue weighted by atomic mass is 79.9. The van der Waals surface area contributed by atoms with Crippen molar-refractivity contribution in [2.24, 2.45) is 5.10 Å². The third-order valence-corrected chi connectivity index (χ3v) is 6.85. The van der Waals surface area contributed by atoms with E-state index in [9.17, 15) is 9.90 Å². The highest BCUT2D eigenvalue weighted by Gasteiger charge is 2.27. The third-order valence-electron chi connectivity index (χ3n) is 5.64. The Morgan fingerprint density at radius 3 is 2.78 bits per heavy atom. The molecule has 2 aromatic heterocycles. The lowest BCUT2D eigenvalue weighted by atomic mass is 10.0. The number of benzene rings is 2. The van der Waals surface area contributed by atoms with Gasteiger partial charge in [0.1, 0.15) is 5.75 Å². The van der Waals surface area contributed by atoms with Crippen molar-refractivity contribution in [1.82, 2.24) is 30.7 Å². The van der Waals surface area contributed by atoms with Gasteiger partial charge in [-0.2, -0.15) is 9.78 Å². The summed E-state index contributed by atoms with van der Waals surface area (Å²) in [5.74, 6) is -0.333. The number of fused-ring (bicyclic) bond motifs is 1. The average molecular weight is 617 g/mol. The molecule has 0 atom stereocenters. The number of carbonyl (C=O) groups excluding carboxylic acids is 1. The minimum atomic E-state index is -0.565. The molecular weight excluding hydrogens is 598 g/mol. The molecule has 1 aliphatic rings. The Hall–Kier alpha value is -3.78. The fourth-order valence-electron chi connectivity index (χ4n) is 3.96. The summed E-state index contributed by atoms with van der Waals surface area (Å²) < 4.78 is 7.06. The summed E-state index contributed by atoms with van der Waals surface area (Å²) in [4.78, 5) is 15.2. The molecular formula is C22H19Br2N9O3. The molecule has 0 unspecified atom stereocenters. The molecule has 0 bridgehead atoms. The Morgan fingerprint density at radius 1 is 1.25 bits per heavy atom. The SMILES string of the molecule is Nc1nonc1-n1nnc(C(=O)N/N=C\c2cc(Br)c(O)c(Br)c2)c1CN1CCCc2ccccc21. The quantitative estimate of drug-likeness (QED) is 0.218. The molecule has 184 valence electrons. The number of amides is 1. The zero-order chi connectivity index (χ0) is 25.2. The van der Waals surface area contributed by atoms with E-state index < -0.39 is 5.91 Å². The van der Waals surface area contributed by atoms with Crippen molar-refractivity contribution in [3.63, 3.8) is 0 Å². The topological polar surface area (TPSA) is 161 Å². The fourth-order valence-corrected chi connectivity index (χ4v) is 5.18. The number of aromatic nitrogens is 5. The maximum atomic E-state index is 13.1. The van der Waals surface area contributed by atoms with Gasteiger partial charge in [0.05, 0.1) is 27.4 Å². The van der Waals surface area contributed by atoms with Crippen molar-refractivity contribution < 1.29 is 14.5 Å². The van der Waals surface area contributed by atoms with Gasteiger partial charge < -0.3 is 15.7 Å². The predicted molar refractivity (Wildman–Crippen MR) is 138 cm³/mol. The summed E-state index contributed by atoms with van der Waals surface area (Å²) in [6, 6.07) is 11.5. The van der Waals surface area contributed by atoms with Gasteiger partial charge in [0.2, 0.25) is 11.6 Å². The lowest BCUT2D eigenvalue weighted by Gasteiger charge is -2.31. The molecule has 1 amide bonds. The standard InChI is InChI=1S/C22H19Br2N9O3/c23-14-8-12(9-15(24)19(14)34)10-26-28-22(35)18-17(33(31-27-18)21-20(25)29-36-30-21)11-32-7-3-5-13-4-1-2-6-16(13)32/h1-2,4,6,8-10,34H,3,5,7,11H2,(H2,25,29)(H,28,35)/b26-10-. The number of carbonyl (C=O) groups is 1. The molecule has 4 N–H and O–H groups in total. The fraction of sp³-hybridized carbons (Fsp3) is 0.182. The predicted octanol–water partition coefficient (Wildman–Crippen LogP) is 3.18. The number of nitrogens with zero attached hydrogens (tertiary/aromatic N) is 7. The van der Waals surface area contributed by atoms with Crippen LogP contribution in [0.15, 0.2) is 55.1 Å². The van der Waals surface area contributed by atoms with Crippen molar-refractivity contribution in [2.75, 3.05) is 17.2 Å². The second-order valence-electron chi connectivity index (χ2n) is 7.96. The maximum Gasteiger partial charge on any atom is 0.293 e. The van der Waals surface area contributed by atoms with E-state index in [1.54, 1.807) is 12.1 Å². The van der Waals surface area contributed by atoms with E-state index in [0.29, 0.717) is 26.7 Å². The molecule has 4 aromatic rings. The molecule has 0 radical (unpaired) electrons. The van der Waals surface area contributed by atoms with Crippen LogP contribution < -0.4 is 16.1 Å². The van der Waals surface area contributed by atoms with Gasteiger partial charge in [0.25, 0.3) is 5.91 Å². The average Bonchev–Trinajstić information content (AvgIpc) is 3.48. The number of phenols is 1. The number of halogens is 2. The van der Waals surface area contributed by atoms with Gasteiger partial charge in [-0.25, -0.2) is 10.1 Å². The van der Waals surface area contributed by atoms with Crippen molar-refractivity contribution in [2.45, 2.75) is 19.4 Å². The van der Waals surface area contributed by atoms with Gasteiger partial charge in [0.15, 0.2) is 5.69 Å². The number of phenolic OH excluding ortho intramolecular Hbond substituents is 1. The van der Waals surface area contributed by atoms with Crippen molar-refractivity contribution in [3.05, 3.63) is 67.9 Å². The van der Waals surface area contributed by atoms with Crippen LogP contribution in [-0.2, 0) is 13.0 Å². The molecule has 0 spiro atoms. The summed E-state index contributed by atoms with van der Waals surface area (Å²) in [5, 5.41) is 29.5. The molecule has 12 nitrogen and oxygen atoms in total. The summed E-state index contributed by atoms with van der Waals surface area (Å²) >= 11 is 6.53. The van der Waals surface area contributed by atoms with Gasteiger partial charge in [-0.1, -0.05) is 23.4 Å². The normalized spacial score (nSPS) is 13.2. The number of rotatable bonds is 6. The molecule has 3 heterocycles. The minimum Gasteiger partial charge on any atom is -0.506 e. The zero-order valence-corrected chi connectivity index (χ0v) is 21.8. The molecule has 0 saturated heterocycles. The molecule has 5 rings (SSSR count). The molecule has 0 fully saturated rings. The Balaban J connectivity index is 1.44. The van der Waals surface area contributed by atoms with Crippen molar-refractivity contribution in [3.8, 4) is 11.6 Å². The molecule has 14 heteroatoms. The van der Waals surface area contributed by atoms with Gasteiger partial charge >= 0.3 is 0 Å². The molecule has 2 aromatic carbocycles. The number of aryl methyl sites for hydroxylation is 1. The monoisotopic (exact) mass is 615 g/mol. The van der Waals surface area contributed by atoms with E-state index in [2.05, 4.69) is 74.0 Å². The van der Waals surface area contributed by atoms with Crippen LogP contribution in [0.4, 0.5) is 11.5 Å². The summed E-state index contributed by atoms with van der Waals surface area (Å²) in [6.07, 6.45) is 3.39. The maximum absolute atomic E-state index is 13.1. The van der Waals surface area contributed by atoms with Gasteiger partial charge in [-0.05, 0) is 84.3 Å². The van der Waals surface area contributed by atoms with Crippen LogP contribution >= 0.6 is 31.9 Å². The first-order chi connectivity index (χ1) is 17.4. The van der Waals surface area contributed by atoms with E-state index in [0.717, 1.165) is 25.1 Å². The van der Waals surface area contributed by atoms with Crippen LogP contribution in [0.5, 0.6) is 5.75 Å². The zero-order valence-electron chi connectivity index (χ0n) is 18.6. The van der Waals surface area contributed by atoms with Crippen LogP contribution in [0.1, 0.15) is 33.7 Å². The van der Waals surface area contributed by atoms with Crippen LogP contribution in [-0.4, -0.2) is 49.1 Å². The molecule has 0 aliphatic carbocycles. The number of hydrazone groups is 1. The van der Waals surface area contributed by atoms with E-state index in [1.807, 2.05) is 18.2 Å². The second-order valence-corrected chi connectivity index (χ2v) is 9.66. The molecule has 0 saturated carbocycles.